The number of hydrogen-bond donors (Lipinski definition) is 0. The molecular weight excluding hydrogens is 340 g/mol. The van der Waals surface area contributed by atoms with E-state index >= 15 is 0 Å². The summed E-state index contributed by atoms with van der Waals surface area (Å²) in [7, 11) is 0. The fourth-order valence-corrected chi connectivity index (χ4v) is 2.43. The third-order valence-electron chi connectivity index (χ3n) is 3.92. The van der Waals surface area contributed by atoms with Crippen molar-refractivity contribution in [2.45, 2.75) is 20.8 Å². The molecule has 0 aliphatic rings. The summed E-state index contributed by atoms with van der Waals surface area (Å²) in [6.07, 6.45) is 10.4. The number of aromatic nitrogens is 8. The van der Waals surface area contributed by atoms with E-state index in [2.05, 4.69) is 39.9 Å². The molecule has 0 atom stereocenters. The Kier molecular flexibility index (Phi) is 4.29. The molecule has 0 saturated heterocycles. The molecule has 0 spiro atoms. The minimum Gasteiger partial charge on any atom is -0.241 e. The van der Waals surface area contributed by atoms with Crippen LogP contribution in [-0.2, 0) is 0 Å². The van der Waals surface area contributed by atoms with E-state index in [0.717, 1.165) is 16.7 Å². The Hall–Kier alpha value is -3.68. The van der Waals surface area contributed by atoms with Gasteiger partial charge in [0, 0.05) is 48.3 Å². The van der Waals surface area contributed by atoms with Gasteiger partial charge in [-0.3, -0.25) is 0 Å². The molecule has 0 N–H and O–H groups in total. The van der Waals surface area contributed by atoms with Gasteiger partial charge in [-0.25, -0.2) is 39.9 Å². The van der Waals surface area contributed by atoms with E-state index in [1.54, 1.807) is 37.2 Å². The quantitative estimate of drug-likeness (QED) is 0.552. The first kappa shape index (κ1) is 16.8. The van der Waals surface area contributed by atoms with E-state index in [0.29, 0.717) is 34.7 Å². The molecule has 0 aliphatic heterocycles. The van der Waals surface area contributed by atoms with Crippen molar-refractivity contribution in [2.75, 3.05) is 0 Å². The fraction of sp³-hybridized carbons (Fsp3) is 0.158. The molecule has 4 aromatic rings. The first-order valence-electron chi connectivity index (χ1n) is 8.34. The van der Waals surface area contributed by atoms with E-state index in [1.807, 2.05) is 26.8 Å². The van der Waals surface area contributed by atoms with Crippen molar-refractivity contribution in [3.8, 4) is 33.9 Å². The van der Waals surface area contributed by atoms with Crippen LogP contribution in [-0.4, -0.2) is 39.9 Å². The van der Waals surface area contributed by atoms with Crippen LogP contribution in [0.4, 0.5) is 0 Å². The van der Waals surface area contributed by atoms with Crippen molar-refractivity contribution >= 4 is 0 Å². The maximum atomic E-state index is 4.66. The largest absolute Gasteiger partial charge is 0.241 e. The van der Waals surface area contributed by atoms with Gasteiger partial charge in [0.1, 0.15) is 17.5 Å². The van der Waals surface area contributed by atoms with Crippen molar-refractivity contribution < 1.29 is 0 Å². The highest BCUT2D eigenvalue weighted by molar-refractivity contribution is 5.69. The first-order chi connectivity index (χ1) is 13.1. The summed E-state index contributed by atoms with van der Waals surface area (Å²) in [6.45, 7) is 5.52. The summed E-state index contributed by atoms with van der Waals surface area (Å²) in [6, 6.07) is 1.88. The maximum absolute atomic E-state index is 4.66. The summed E-state index contributed by atoms with van der Waals surface area (Å²) >= 11 is 0. The lowest BCUT2D eigenvalue weighted by molar-refractivity contribution is 1.03. The van der Waals surface area contributed by atoms with Gasteiger partial charge >= 0.3 is 0 Å². The summed E-state index contributed by atoms with van der Waals surface area (Å²) in [5, 5.41) is 0. The van der Waals surface area contributed by atoms with Gasteiger partial charge in [-0.2, -0.15) is 0 Å². The second-order valence-corrected chi connectivity index (χ2v) is 6.02. The van der Waals surface area contributed by atoms with Crippen LogP contribution >= 0.6 is 0 Å². The van der Waals surface area contributed by atoms with E-state index in [9.17, 15) is 0 Å². The van der Waals surface area contributed by atoms with Gasteiger partial charge in [0.2, 0.25) is 0 Å². The highest BCUT2D eigenvalue weighted by Crippen LogP contribution is 2.25. The van der Waals surface area contributed by atoms with Crippen molar-refractivity contribution in [1.29, 1.82) is 0 Å². The summed E-state index contributed by atoms with van der Waals surface area (Å²) < 4.78 is 0. The van der Waals surface area contributed by atoms with E-state index in [1.165, 1.54) is 0 Å². The molecule has 4 heterocycles. The van der Waals surface area contributed by atoms with Gasteiger partial charge in [0.15, 0.2) is 5.82 Å². The third kappa shape index (κ3) is 3.64. The van der Waals surface area contributed by atoms with Crippen LogP contribution in [0.25, 0.3) is 33.9 Å². The Morgan fingerprint density at radius 2 is 0.815 bits per heavy atom. The van der Waals surface area contributed by atoms with E-state index in [4.69, 9.17) is 0 Å². The molecular formula is C19H16N8. The Balaban J connectivity index is 1.89. The molecule has 27 heavy (non-hydrogen) atoms. The Labute approximate surface area is 155 Å². The van der Waals surface area contributed by atoms with Crippen LogP contribution < -0.4 is 0 Å². The van der Waals surface area contributed by atoms with Crippen molar-refractivity contribution in [3.63, 3.8) is 0 Å². The van der Waals surface area contributed by atoms with E-state index < -0.39 is 0 Å². The Morgan fingerprint density at radius 1 is 0.481 bits per heavy atom. The SMILES string of the molecule is Cc1ncc(-c2cc(-c3cnc(C)nc3)nc(-c3cnc(C)nc3)n2)cn1. The molecule has 0 radical (unpaired) electrons. The van der Waals surface area contributed by atoms with E-state index in [-0.39, 0.29) is 0 Å². The average molecular weight is 356 g/mol. The molecule has 0 aromatic carbocycles. The molecule has 0 unspecified atom stereocenters. The second-order valence-electron chi connectivity index (χ2n) is 6.02. The molecule has 0 fully saturated rings. The number of nitrogens with zero attached hydrogens (tertiary/aromatic N) is 8. The summed E-state index contributed by atoms with van der Waals surface area (Å²) in [4.78, 5) is 34.9. The maximum Gasteiger partial charge on any atom is 0.163 e. The average Bonchev–Trinajstić information content (AvgIpc) is 2.69. The fourth-order valence-electron chi connectivity index (χ4n) is 2.43. The molecule has 0 aliphatic carbocycles. The lowest BCUT2D eigenvalue weighted by atomic mass is 10.1. The van der Waals surface area contributed by atoms with Crippen molar-refractivity contribution in [3.05, 3.63) is 60.7 Å². The highest BCUT2D eigenvalue weighted by Gasteiger charge is 2.12. The van der Waals surface area contributed by atoms with Crippen LogP contribution in [0.1, 0.15) is 17.5 Å². The minimum absolute atomic E-state index is 0.517. The molecule has 132 valence electrons. The lowest BCUT2D eigenvalue weighted by Crippen LogP contribution is -1.99. The summed E-state index contributed by atoms with van der Waals surface area (Å²) in [5.41, 5.74) is 3.73. The van der Waals surface area contributed by atoms with Crippen LogP contribution in [0.3, 0.4) is 0 Å². The van der Waals surface area contributed by atoms with Crippen molar-refractivity contribution in [1.82, 2.24) is 39.9 Å². The predicted octanol–water partition coefficient (Wildman–Crippen LogP) is 2.77. The van der Waals surface area contributed by atoms with Crippen LogP contribution in [0, 0.1) is 20.8 Å². The van der Waals surface area contributed by atoms with Gasteiger partial charge < -0.3 is 0 Å². The zero-order valence-electron chi connectivity index (χ0n) is 15.1. The predicted molar refractivity (Wildman–Crippen MR) is 99.3 cm³/mol. The zero-order valence-corrected chi connectivity index (χ0v) is 15.1. The molecule has 4 rings (SSSR count). The molecule has 4 aromatic heterocycles. The first-order valence-corrected chi connectivity index (χ1v) is 8.34. The molecule has 0 amide bonds. The van der Waals surface area contributed by atoms with Crippen LogP contribution in [0.15, 0.2) is 43.2 Å². The van der Waals surface area contributed by atoms with Crippen LogP contribution in [0.5, 0.6) is 0 Å². The molecule has 0 bridgehead atoms. The number of aryl methyl sites for hydroxylation is 3. The minimum atomic E-state index is 0.517. The van der Waals surface area contributed by atoms with Gasteiger partial charge in [0.25, 0.3) is 0 Å². The Bertz CT molecular complexity index is 920. The molecule has 0 saturated carbocycles. The third-order valence-corrected chi connectivity index (χ3v) is 3.92. The second kappa shape index (κ2) is 6.91. The van der Waals surface area contributed by atoms with Gasteiger partial charge in [-0.15, -0.1) is 0 Å². The normalized spacial score (nSPS) is 10.8. The Morgan fingerprint density at radius 3 is 1.19 bits per heavy atom. The van der Waals surface area contributed by atoms with Gasteiger partial charge in [-0.05, 0) is 26.8 Å². The van der Waals surface area contributed by atoms with Crippen molar-refractivity contribution in [2.24, 2.45) is 0 Å². The number of rotatable bonds is 3. The molecule has 8 heteroatoms. The summed E-state index contributed by atoms with van der Waals surface area (Å²) in [5.74, 6) is 2.61. The topological polar surface area (TPSA) is 103 Å². The van der Waals surface area contributed by atoms with Gasteiger partial charge in [0.05, 0.1) is 17.0 Å². The smallest absolute Gasteiger partial charge is 0.163 e. The lowest BCUT2D eigenvalue weighted by Gasteiger charge is -2.08. The van der Waals surface area contributed by atoms with Gasteiger partial charge in [-0.1, -0.05) is 0 Å². The highest BCUT2D eigenvalue weighted by atomic mass is 14.9. The number of hydrogen-bond acceptors (Lipinski definition) is 8. The molecule has 8 nitrogen and oxygen atoms in total. The monoisotopic (exact) mass is 356 g/mol. The van der Waals surface area contributed by atoms with Crippen LogP contribution in [0.2, 0.25) is 0 Å². The zero-order chi connectivity index (χ0) is 18.8. The standard InChI is InChI=1S/C19H16N8/c1-11-20-5-14(6-21-11)17-4-18(15-7-22-12(2)23-8-15)27-19(26-17)16-9-24-13(3)25-10-16/h4-10H,1-3H3.